The maximum absolute atomic E-state index is 13.5. The van der Waals surface area contributed by atoms with E-state index in [0.717, 1.165) is 26.8 Å². The fraction of sp³-hybridized carbons (Fsp3) is 0.318. The number of halogens is 3. The van der Waals surface area contributed by atoms with Gasteiger partial charge in [-0.3, -0.25) is 14.2 Å². The molecule has 0 saturated heterocycles. The summed E-state index contributed by atoms with van der Waals surface area (Å²) in [5, 5.41) is 2.75. The topological polar surface area (TPSA) is 64.0 Å². The molecule has 0 aliphatic rings. The summed E-state index contributed by atoms with van der Waals surface area (Å²) in [6, 6.07) is 7.36. The number of alkyl halides is 3. The zero-order chi connectivity index (χ0) is 22.4. The Labute approximate surface area is 171 Å². The summed E-state index contributed by atoms with van der Waals surface area (Å²) in [6.07, 6.45) is -4.94. The number of nitrogens with one attached hydrogen (secondary N) is 1. The Balaban J connectivity index is 2.20. The Kier molecular flexibility index (Phi) is 5.45. The summed E-state index contributed by atoms with van der Waals surface area (Å²) in [6.45, 7) is 8.56. The highest BCUT2D eigenvalue weighted by molar-refractivity contribution is 5.95. The van der Waals surface area contributed by atoms with Gasteiger partial charge in [-0.1, -0.05) is 18.2 Å². The number of anilines is 1. The number of para-hydroxylation sites is 1. The van der Waals surface area contributed by atoms with Crippen LogP contribution in [-0.2, 0) is 11.0 Å². The van der Waals surface area contributed by atoms with Crippen molar-refractivity contribution in [1.82, 2.24) is 9.55 Å². The minimum atomic E-state index is -4.94. The molecule has 0 unspecified atom stereocenters. The molecule has 0 aliphatic heterocycles. The van der Waals surface area contributed by atoms with Crippen LogP contribution in [0.5, 0.6) is 0 Å². The summed E-state index contributed by atoms with van der Waals surface area (Å²) in [5.41, 5.74) is 1.02. The molecule has 0 bridgehead atoms. The lowest BCUT2D eigenvalue weighted by Gasteiger charge is -2.21. The number of fused-ring (bicyclic) bond motifs is 1. The van der Waals surface area contributed by atoms with Crippen molar-refractivity contribution in [2.45, 2.75) is 46.8 Å². The predicted molar refractivity (Wildman–Crippen MR) is 110 cm³/mol. The summed E-state index contributed by atoms with van der Waals surface area (Å²) < 4.78 is 41.3. The highest BCUT2D eigenvalue weighted by Crippen LogP contribution is 2.29. The van der Waals surface area contributed by atoms with Crippen LogP contribution in [0, 0.1) is 27.7 Å². The lowest BCUT2D eigenvalue weighted by molar-refractivity contribution is -0.142. The largest absolute Gasteiger partial charge is 0.438 e. The van der Waals surface area contributed by atoms with Crippen LogP contribution >= 0.6 is 0 Å². The Morgan fingerprint density at radius 1 is 1.03 bits per heavy atom. The maximum atomic E-state index is 13.5. The highest BCUT2D eigenvalue weighted by atomic mass is 19.4. The smallest absolute Gasteiger partial charge is 0.324 e. The second-order valence-corrected chi connectivity index (χ2v) is 7.49. The van der Waals surface area contributed by atoms with E-state index in [4.69, 9.17) is 0 Å². The van der Waals surface area contributed by atoms with Crippen molar-refractivity contribution in [2.75, 3.05) is 5.32 Å². The maximum Gasteiger partial charge on any atom is 0.438 e. The molecule has 2 aromatic carbocycles. The van der Waals surface area contributed by atoms with E-state index in [9.17, 15) is 22.8 Å². The molecule has 3 rings (SSSR count). The summed E-state index contributed by atoms with van der Waals surface area (Å²) >= 11 is 0. The number of aryl methyl sites for hydroxylation is 4. The van der Waals surface area contributed by atoms with E-state index in [0.29, 0.717) is 5.69 Å². The number of carbonyl (C=O) groups is 1. The van der Waals surface area contributed by atoms with E-state index < -0.39 is 29.4 Å². The highest BCUT2D eigenvalue weighted by Gasteiger charge is 2.38. The molecule has 0 aliphatic carbocycles. The van der Waals surface area contributed by atoms with Crippen LogP contribution in [-0.4, -0.2) is 15.5 Å². The van der Waals surface area contributed by atoms with Crippen molar-refractivity contribution in [3.05, 3.63) is 68.6 Å². The van der Waals surface area contributed by atoms with Crippen molar-refractivity contribution in [2.24, 2.45) is 0 Å². The number of carbonyl (C=O) groups excluding carboxylic acids is 1. The number of rotatable bonds is 3. The summed E-state index contributed by atoms with van der Waals surface area (Å²) in [4.78, 5) is 29.3. The van der Waals surface area contributed by atoms with Gasteiger partial charge in [0.15, 0.2) is 0 Å². The van der Waals surface area contributed by atoms with Crippen molar-refractivity contribution < 1.29 is 18.0 Å². The minimum absolute atomic E-state index is 0.0109. The fourth-order valence-electron chi connectivity index (χ4n) is 3.39. The molecule has 0 saturated carbocycles. The molecular weight excluding hydrogens is 395 g/mol. The van der Waals surface area contributed by atoms with E-state index in [2.05, 4.69) is 10.3 Å². The van der Waals surface area contributed by atoms with Crippen LogP contribution in [0.2, 0.25) is 0 Å². The number of hydrogen-bond donors (Lipinski definition) is 1. The fourth-order valence-corrected chi connectivity index (χ4v) is 3.39. The third-order valence-electron chi connectivity index (χ3n) is 5.27. The predicted octanol–water partition coefficient (Wildman–Crippen LogP) is 4.85. The lowest BCUT2D eigenvalue weighted by atomic mass is 10.1. The van der Waals surface area contributed by atoms with Gasteiger partial charge in [0, 0.05) is 5.69 Å². The van der Waals surface area contributed by atoms with Crippen molar-refractivity contribution in [3.63, 3.8) is 0 Å². The number of nitrogens with zero attached hydrogens (tertiary/aromatic N) is 2. The molecule has 0 fully saturated rings. The van der Waals surface area contributed by atoms with Crippen molar-refractivity contribution in [1.29, 1.82) is 0 Å². The van der Waals surface area contributed by atoms with Crippen LogP contribution in [0.4, 0.5) is 18.9 Å². The first-order valence-electron chi connectivity index (χ1n) is 9.39. The molecule has 1 aromatic heterocycles. The third kappa shape index (κ3) is 3.81. The van der Waals surface area contributed by atoms with Crippen LogP contribution in [0.15, 0.2) is 35.1 Å². The average molecular weight is 417 g/mol. The molecule has 1 amide bonds. The summed E-state index contributed by atoms with van der Waals surface area (Å²) in [5.74, 6) is -0.589. The number of amides is 1. The first-order chi connectivity index (χ1) is 13.9. The first kappa shape index (κ1) is 21.5. The van der Waals surface area contributed by atoms with Gasteiger partial charge in [-0.25, -0.2) is 4.98 Å². The van der Waals surface area contributed by atoms with Gasteiger partial charge in [-0.15, -0.1) is 0 Å². The molecule has 0 radical (unpaired) electrons. The van der Waals surface area contributed by atoms with E-state index >= 15 is 0 Å². The third-order valence-corrected chi connectivity index (χ3v) is 5.27. The van der Waals surface area contributed by atoms with Crippen LogP contribution in [0.1, 0.15) is 40.9 Å². The molecule has 158 valence electrons. The Morgan fingerprint density at radius 2 is 1.60 bits per heavy atom. The van der Waals surface area contributed by atoms with Gasteiger partial charge in [-0.05, 0) is 69.0 Å². The standard InChI is InChI=1S/C22H22F3N3O2/c1-11-7-6-8-12(2)18(11)27-20(29)15(5)28-17-10-14(4)13(3)9-16(17)26-19(21(28)30)22(23,24)25/h6-10,15H,1-5H3,(H,27,29)/t15-/m0/s1. The van der Waals surface area contributed by atoms with Gasteiger partial charge < -0.3 is 5.32 Å². The monoisotopic (exact) mass is 417 g/mol. The van der Waals surface area contributed by atoms with E-state index in [1.54, 1.807) is 19.9 Å². The average Bonchev–Trinajstić information content (AvgIpc) is 2.64. The Morgan fingerprint density at radius 3 is 2.17 bits per heavy atom. The molecule has 0 spiro atoms. The molecule has 1 atom stereocenters. The van der Waals surface area contributed by atoms with Gasteiger partial charge in [0.05, 0.1) is 11.0 Å². The van der Waals surface area contributed by atoms with Crippen molar-refractivity contribution >= 4 is 22.6 Å². The molecule has 1 heterocycles. The van der Waals surface area contributed by atoms with Gasteiger partial charge in [0.1, 0.15) is 6.04 Å². The molecule has 8 heteroatoms. The minimum Gasteiger partial charge on any atom is -0.324 e. The number of hydrogen-bond acceptors (Lipinski definition) is 3. The number of benzene rings is 2. The first-order valence-corrected chi connectivity index (χ1v) is 9.39. The number of aromatic nitrogens is 2. The zero-order valence-electron chi connectivity index (χ0n) is 17.3. The Bertz CT molecular complexity index is 1190. The second kappa shape index (κ2) is 7.59. The van der Waals surface area contributed by atoms with Crippen molar-refractivity contribution in [3.8, 4) is 0 Å². The molecular formula is C22H22F3N3O2. The van der Waals surface area contributed by atoms with Gasteiger partial charge in [-0.2, -0.15) is 13.2 Å². The van der Waals surface area contributed by atoms with Crippen LogP contribution in [0.3, 0.4) is 0 Å². The quantitative estimate of drug-likeness (QED) is 0.663. The zero-order valence-corrected chi connectivity index (χ0v) is 17.3. The second-order valence-electron chi connectivity index (χ2n) is 7.49. The van der Waals surface area contributed by atoms with Gasteiger partial charge >= 0.3 is 6.18 Å². The normalized spacial score (nSPS) is 12.8. The van der Waals surface area contributed by atoms with Gasteiger partial charge in [0.2, 0.25) is 11.6 Å². The van der Waals surface area contributed by atoms with Crippen LogP contribution < -0.4 is 10.9 Å². The lowest BCUT2D eigenvalue weighted by Crippen LogP contribution is -2.36. The molecule has 5 nitrogen and oxygen atoms in total. The Hall–Kier alpha value is -3.16. The SMILES string of the molecule is Cc1cc2nc(C(F)(F)F)c(=O)n([C@@H](C)C(=O)Nc3c(C)cccc3C)c2cc1C. The summed E-state index contributed by atoms with van der Waals surface area (Å²) in [7, 11) is 0. The van der Waals surface area contributed by atoms with Gasteiger partial charge in [0.25, 0.3) is 5.56 Å². The van der Waals surface area contributed by atoms with E-state index in [-0.39, 0.29) is 11.0 Å². The molecule has 1 N–H and O–H groups in total. The molecule has 3 aromatic rings. The molecule has 30 heavy (non-hydrogen) atoms. The van der Waals surface area contributed by atoms with E-state index in [1.807, 2.05) is 32.0 Å². The van der Waals surface area contributed by atoms with E-state index in [1.165, 1.54) is 13.0 Å². The van der Waals surface area contributed by atoms with Crippen LogP contribution in [0.25, 0.3) is 11.0 Å².